The Bertz CT molecular complexity index is 309. The van der Waals surface area contributed by atoms with Crippen molar-refractivity contribution in [1.82, 2.24) is 5.32 Å². The van der Waals surface area contributed by atoms with Crippen molar-refractivity contribution in [2.75, 3.05) is 0 Å². The van der Waals surface area contributed by atoms with Crippen molar-refractivity contribution in [1.29, 1.82) is 0 Å². The number of piperidine rings is 1. The molecule has 0 radical (unpaired) electrons. The smallest absolute Gasteiger partial charge is 0.223 e. The van der Waals surface area contributed by atoms with Gasteiger partial charge < -0.3 is 9.74 Å². The molecule has 3 atom stereocenters. The van der Waals surface area contributed by atoms with Crippen LogP contribution in [0.3, 0.4) is 0 Å². The van der Waals surface area contributed by atoms with Gasteiger partial charge in [0.1, 0.15) is 0 Å². The highest BCUT2D eigenvalue weighted by atomic mass is 28.4. The summed E-state index contributed by atoms with van der Waals surface area (Å²) in [6.45, 7) is 11.3. The molecular weight excluding hydrogens is 218 g/mol. The fourth-order valence-electron chi connectivity index (χ4n) is 2.35. The minimum absolute atomic E-state index is 0.222. The van der Waals surface area contributed by atoms with Crippen LogP contribution < -0.4 is 5.32 Å². The maximum Gasteiger partial charge on any atom is 0.223 e. The molecule has 0 aromatic heterocycles. The average molecular weight is 241 g/mol. The van der Waals surface area contributed by atoms with Crippen molar-refractivity contribution in [2.45, 2.75) is 63.9 Å². The van der Waals surface area contributed by atoms with Crippen molar-refractivity contribution in [2.24, 2.45) is 5.92 Å². The summed E-state index contributed by atoms with van der Waals surface area (Å²) in [6, 6.07) is 0.284. The van der Waals surface area contributed by atoms with Gasteiger partial charge in [-0.15, -0.1) is 0 Å². The van der Waals surface area contributed by atoms with Gasteiger partial charge in [0, 0.05) is 5.92 Å². The van der Waals surface area contributed by atoms with Crippen LogP contribution in [0, 0.1) is 5.92 Å². The Hall–Kier alpha value is -0.353. The SMILES string of the molecule is CC(C)(C)[Si](C)(C)O[C@H]1C[C@@H]2C[C@H]1NC2=O. The fourth-order valence-corrected chi connectivity index (χ4v) is 3.72. The molecule has 0 aromatic rings. The zero-order chi connectivity index (χ0) is 12.1. The molecule has 2 aliphatic rings. The number of hydrogen-bond donors (Lipinski definition) is 1. The van der Waals surface area contributed by atoms with Crippen molar-refractivity contribution >= 4 is 14.2 Å². The molecule has 0 spiro atoms. The highest BCUT2D eigenvalue weighted by Crippen LogP contribution is 2.42. The Morgan fingerprint density at radius 2 is 1.94 bits per heavy atom. The van der Waals surface area contributed by atoms with E-state index in [1.165, 1.54) is 0 Å². The Labute approximate surface area is 99.1 Å². The lowest BCUT2D eigenvalue weighted by Crippen LogP contribution is -2.50. The maximum atomic E-state index is 11.4. The monoisotopic (exact) mass is 241 g/mol. The van der Waals surface area contributed by atoms with E-state index in [4.69, 9.17) is 4.43 Å². The number of carbonyl (C=O) groups is 1. The lowest BCUT2D eigenvalue weighted by Gasteiger charge is -2.40. The number of nitrogens with one attached hydrogen (secondary N) is 1. The molecule has 2 fully saturated rings. The summed E-state index contributed by atoms with van der Waals surface area (Å²) in [7, 11) is -1.68. The van der Waals surface area contributed by atoms with E-state index in [0.29, 0.717) is 0 Å². The van der Waals surface area contributed by atoms with Gasteiger partial charge >= 0.3 is 0 Å². The van der Waals surface area contributed by atoms with Gasteiger partial charge in [-0.1, -0.05) is 20.8 Å². The number of amides is 1. The van der Waals surface area contributed by atoms with Crippen LogP contribution in [0.2, 0.25) is 18.1 Å². The van der Waals surface area contributed by atoms with Crippen LogP contribution >= 0.6 is 0 Å². The molecule has 2 rings (SSSR count). The molecule has 1 saturated carbocycles. The second kappa shape index (κ2) is 3.57. The maximum absolute atomic E-state index is 11.4. The summed E-state index contributed by atoms with van der Waals surface area (Å²) in [6.07, 6.45) is 2.19. The van der Waals surface area contributed by atoms with Crippen molar-refractivity contribution in [3.63, 3.8) is 0 Å². The summed E-state index contributed by atoms with van der Waals surface area (Å²) < 4.78 is 6.37. The normalized spacial score (nSPS) is 34.3. The summed E-state index contributed by atoms with van der Waals surface area (Å²) in [5.74, 6) is 0.458. The Kier molecular flexibility index (Phi) is 2.70. The zero-order valence-corrected chi connectivity index (χ0v) is 12.0. The van der Waals surface area contributed by atoms with E-state index >= 15 is 0 Å². The van der Waals surface area contributed by atoms with Gasteiger partial charge in [-0.05, 0) is 31.0 Å². The summed E-state index contributed by atoms with van der Waals surface area (Å²) in [5, 5.41) is 3.28. The van der Waals surface area contributed by atoms with E-state index in [0.717, 1.165) is 12.8 Å². The molecule has 16 heavy (non-hydrogen) atoms. The second-order valence-corrected chi connectivity index (χ2v) is 11.5. The predicted molar refractivity (Wildman–Crippen MR) is 66.7 cm³/mol. The first-order valence-electron chi connectivity index (χ1n) is 6.19. The highest BCUT2D eigenvalue weighted by Gasteiger charge is 2.49. The molecule has 1 aliphatic carbocycles. The summed E-state index contributed by atoms with van der Waals surface area (Å²) in [4.78, 5) is 11.4. The van der Waals surface area contributed by atoms with E-state index in [2.05, 4.69) is 39.2 Å². The quantitative estimate of drug-likeness (QED) is 0.753. The van der Waals surface area contributed by atoms with Gasteiger partial charge in [0.2, 0.25) is 5.91 Å². The third-order valence-corrected chi connectivity index (χ3v) is 8.96. The molecule has 1 N–H and O–H groups in total. The standard InChI is InChI=1S/C12H23NO2Si/c1-12(2,3)16(4,5)15-10-7-8-6-9(10)13-11(8)14/h8-10H,6-7H2,1-5H3,(H,13,14)/t8-,9+,10-/m0/s1. The van der Waals surface area contributed by atoms with E-state index < -0.39 is 8.32 Å². The first kappa shape index (κ1) is 12.1. The molecule has 1 saturated heterocycles. The largest absolute Gasteiger partial charge is 0.412 e. The van der Waals surface area contributed by atoms with Crippen LogP contribution in [0.25, 0.3) is 0 Å². The Balaban J connectivity index is 2.00. The number of carbonyl (C=O) groups excluding carboxylic acids is 1. The molecule has 1 amide bonds. The molecule has 0 unspecified atom stereocenters. The molecular formula is C12H23NO2Si. The lowest BCUT2D eigenvalue weighted by molar-refractivity contribution is -0.125. The molecule has 1 heterocycles. The molecule has 0 aromatic carbocycles. The van der Waals surface area contributed by atoms with Gasteiger partial charge in [-0.2, -0.15) is 0 Å². The highest BCUT2D eigenvalue weighted by molar-refractivity contribution is 6.74. The van der Waals surface area contributed by atoms with Crippen molar-refractivity contribution in [3.8, 4) is 0 Å². The molecule has 3 nitrogen and oxygen atoms in total. The summed E-state index contributed by atoms with van der Waals surface area (Å²) >= 11 is 0. The number of fused-ring (bicyclic) bond motifs is 2. The molecule has 4 heteroatoms. The molecule has 1 aliphatic heterocycles. The second-order valence-electron chi connectivity index (χ2n) is 6.70. The Morgan fingerprint density at radius 1 is 1.31 bits per heavy atom. The third kappa shape index (κ3) is 1.93. The molecule has 2 bridgehead atoms. The van der Waals surface area contributed by atoms with Crippen LogP contribution in [0.4, 0.5) is 0 Å². The van der Waals surface area contributed by atoms with Crippen LogP contribution in [0.15, 0.2) is 0 Å². The zero-order valence-electron chi connectivity index (χ0n) is 11.0. The number of hydrogen-bond acceptors (Lipinski definition) is 2. The van der Waals surface area contributed by atoms with Crippen LogP contribution in [0.5, 0.6) is 0 Å². The Morgan fingerprint density at radius 3 is 2.31 bits per heavy atom. The third-order valence-electron chi connectivity index (χ3n) is 4.45. The van der Waals surface area contributed by atoms with Crippen LogP contribution in [-0.4, -0.2) is 26.4 Å². The van der Waals surface area contributed by atoms with Gasteiger partial charge in [0.15, 0.2) is 8.32 Å². The van der Waals surface area contributed by atoms with Gasteiger partial charge in [0.25, 0.3) is 0 Å². The fraction of sp³-hybridized carbons (Fsp3) is 0.917. The van der Waals surface area contributed by atoms with Crippen LogP contribution in [-0.2, 0) is 9.22 Å². The van der Waals surface area contributed by atoms with Gasteiger partial charge in [-0.3, -0.25) is 4.79 Å². The van der Waals surface area contributed by atoms with E-state index in [-0.39, 0.29) is 29.0 Å². The van der Waals surface area contributed by atoms with Crippen molar-refractivity contribution < 1.29 is 9.22 Å². The van der Waals surface area contributed by atoms with Gasteiger partial charge in [0.05, 0.1) is 12.1 Å². The van der Waals surface area contributed by atoms with Crippen molar-refractivity contribution in [3.05, 3.63) is 0 Å². The lowest BCUT2D eigenvalue weighted by atomic mass is 10.1. The van der Waals surface area contributed by atoms with Gasteiger partial charge in [-0.25, -0.2) is 0 Å². The number of rotatable bonds is 2. The van der Waals surface area contributed by atoms with E-state index in [9.17, 15) is 4.79 Å². The minimum atomic E-state index is -1.68. The van der Waals surface area contributed by atoms with E-state index in [1.807, 2.05) is 0 Å². The topological polar surface area (TPSA) is 38.3 Å². The van der Waals surface area contributed by atoms with E-state index in [1.54, 1.807) is 0 Å². The minimum Gasteiger partial charge on any atom is -0.412 e. The predicted octanol–water partition coefficient (Wildman–Crippen LogP) is 2.29. The average Bonchev–Trinajstić information content (AvgIpc) is 2.59. The van der Waals surface area contributed by atoms with Crippen LogP contribution in [0.1, 0.15) is 33.6 Å². The summed E-state index contributed by atoms with van der Waals surface area (Å²) in [5.41, 5.74) is 0. The molecule has 92 valence electrons. The first-order valence-corrected chi connectivity index (χ1v) is 9.10. The first-order chi connectivity index (χ1) is 7.21.